The van der Waals surface area contributed by atoms with Crippen LogP contribution in [0, 0.1) is 6.92 Å². The first-order chi connectivity index (χ1) is 20.8. The van der Waals surface area contributed by atoms with Gasteiger partial charge in [0.1, 0.15) is 12.2 Å². The summed E-state index contributed by atoms with van der Waals surface area (Å²) in [6.07, 6.45) is 1.59. The Labute approximate surface area is 272 Å². The molecule has 0 bridgehead atoms. The monoisotopic (exact) mass is 763 g/mol. The molecule has 0 saturated heterocycles. The van der Waals surface area contributed by atoms with E-state index in [4.69, 9.17) is 18.9 Å². The average molecular weight is 766 g/mol. The predicted molar refractivity (Wildman–Crippen MR) is 180 cm³/mol. The highest BCUT2D eigenvalue weighted by molar-refractivity contribution is 9.13. The Kier molecular flexibility index (Phi) is 8.52. The maximum Gasteiger partial charge on any atom is 0.282 e. The van der Waals surface area contributed by atoms with Gasteiger partial charge in [-0.05, 0) is 93.7 Å². The molecule has 7 nitrogen and oxygen atoms in total. The number of benzene rings is 4. The van der Waals surface area contributed by atoms with Gasteiger partial charge in [0.2, 0.25) is 5.82 Å². The van der Waals surface area contributed by atoms with E-state index in [1.54, 1.807) is 24.4 Å². The van der Waals surface area contributed by atoms with Crippen molar-refractivity contribution in [1.29, 1.82) is 0 Å². The van der Waals surface area contributed by atoms with Gasteiger partial charge in [0, 0.05) is 19.9 Å². The fourth-order valence-electron chi connectivity index (χ4n) is 4.69. The van der Waals surface area contributed by atoms with E-state index >= 15 is 0 Å². The molecular formula is C33H24Br3N3O4. The standard InChI is InChI=1S/C33H24Br3N3O4/c1-3-41-27-16-22(29(35)30(36)31(27)42-18-20-8-6-7-19(2)13-20)17-37-39-32(38-25-10-5-4-9-24(25)33(39)40)28-15-21-14-23(34)11-12-26(21)43-28/h4-17H,3,18H2,1-2H3. The lowest BCUT2D eigenvalue weighted by Crippen LogP contribution is -2.20. The van der Waals surface area contributed by atoms with E-state index in [0.717, 1.165) is 21.0 Å². The Balaban J connectivity index is 1.44. The summed E-state index contributed by atoms with van der Waals surface area (Å²) in [7, 11) is 0. The van der Waals surface area contributed by atoms with Gasteiger partial charge in [-0.25, -0.2) is 4.98 Å². The number of halogens is 3. The quantitative estimate of drug-likeness (QED) is 0.145. The summed E-state index contributed by atoms with van der Waals surface area (Å²) in [5, 5.41) is 5.94. The first-order valence-corrected chi connectivity index (χ1v) is 15.8. The number of rotatable bonds is 8. The lowest BCUT2D eigenvalue weighted by Gasteiger charge is -2.16. The van der Waals surface area contributed by atoms with Gasteiger partial charge in [-0.15, -0.1) is 0 Å². The summed E-state index contributed by atoms with van der Waals surface area (Å²) in [6, 6.07) is 24.7. The first kappa shape index (κ1) is 29.3. The third-order valence-electron chi connectivity index (χ3n) is 6.69. The van der Waals surface area contributed by atoms with Crippen LogP contribution in [0.5, 0.6) is 11.5 Å². The minimum absolute atomic E-state index is 0.283. The molecule has 0 fully saturated rings. The third-order valence-corrected chi connectivity index (χ3v) is 9.32. The second kappa shape index (κ2) is 12.5. The second-order valence-electron chi connectivity index (χ2n) is 9.74. The SMILES string of the molecule is CCOc1cc(C=Nn2c(-c3cc4cc(Br)ccc4o3)nc3ccccc3c2=O)c(Br)c(Br)c1OCc1cccc(C)c1. The van der Waals surface area contributed by atoms with E-state index in [-0.39, 0.29) is 11.4 Å². The van der Waals surface area contributed by atoms with E-state index < -0.39 is 0 Å². The highest BCUT2D eigenvalue weighted by atomic mass is 79.9. The van der Waals surface area contributed by atoms with Crippen molar-refractivity contribution in [2.24, 2.45) is 5.10 Å². The number of fused-ring (bicyclic) bond motifs is 2. The zero-order valence-electron chi connectivity index (χ0n) is 23.1. The zero-order chi connectivity index (χ0) is 30.1. The summed E-state index contributed by atoms with van der Waals surface area (Å²) in [6.45, 7) is 4.76. The van der Waals surface area contributed by atoms with Gasteiger partial charge in [-0.2, -0.15) is 9.78 Å². The Hall–Kier alpha value is -3.73. The number of aromatic nitrogens is 2. The minimum atomic E-state index is -0.322. The molecule has 216 valence electrons. The Bertz CT molecular complexity index is 2080. The lowest BCUT2D eigenvalue weighted by molar-refractivity contribution is 0.267. The van der Waals surface area contributed by atoms with Crippen LogP contribution < -0.4 is 15.0 Å². The molecule has 0 radical (unpaired) electrons. The van der Waals surface area contributed by atoms with E-state index in [1.165, 1.54) is 4.68 Å². The molecule has 6 rings (SSSR count). The van der Waals surface area contributed by atoms with Crippen molar-refractivity contribution in [1.82, 2.24) is 9.66 Å². The van der Waals surface area contributed by atoms with Crippen LogP contribution in [0.2, 0.25) is 0 Å². The number of hydrogen-bond donors (Lipinski definition) is 0. The van der Waals surface area contributed by atoms with Gasteiger partial charge in [0.25, 0.3) is 5.56 Å². The summed E-state index contributed by atoms with van der Waals surface area (Å²) in [5.41, 5.74) is 3.77. The second-order valence-corrected chi connectivity index (χ2v) is 12.2. The van der Waals surface area contributed by atoms with Crippen LogP contribution in [0.25, 0.3) is 33.5 Å². The molecule has 0 atom stereocenters. The fraction of sp³-hybridized carbons (Fsp3) is 0.121. The number of para-hydroxylation sites is 1. The molecule has 0 unspecified atom stereocenters. The number of hydrogen-bond acceptors (Lipinski definition) is 6. The topological polar surface area (TPSA) is 78.9 Å². The molecule has 6 aromatic rings. The van der Waals surface area contributed by atoms with Crippen molar-refractivity contribution in [3.05, 3.63) is 119 Å². The van der Waals surface area contributed by atoms with Crippen LogP contribution in [-0.4, -0.2) is 22.5 Å². The number of ether oxygens (including phenoxy) is 2. The maximum absolute atomic E-state index is 13.7. The smallest absolute Gasteiger partial charge is 0.282 e. The molecule has 10 heteroatoms. The molecule has 2 aromatic heterocycles. The van der Waals surface area contributed by atoms with Gasteiger partial charge >= 0.3 is 0 Å². The molecule has 0 N–H and O–H groups in total. The number of nitrogens with zero attached hydrogens (tertiary/aromatic N) is 3. The minimum Gasteiger partial charge on any atom is -0.490 e. The summed E-state index contributed by atoms with van der Waals surface area (Å²) in [4.78, 5) is 18.5. The third kappa shape index (κ3) is 6.04. The Morgan fingerprint density at radius 2 is 1.79 bits per heavy atom. The highest BCUT2D eigenvalue weighted by Gasteiger charge is 2.19. The summed E-state index contributed by atoms with van der Waals surface area (Å²) < 4.78 is 21.8. The molecule has 0 spiro atoms. The van der Waals surface area contributed by atoms with Crippen molar-refractivity contribution < 1.29 is 13.9 Å². The van der Waals surface area contributed by atoms with E-state index in [1.807, 2.05) is 68.4 Å². The van der Waals surface area contributed by atoms with Gasteiger partial charge in [-0.3, -0.25) is 4.79 Å². The van der Waals surface area contributed by atoms with Gasteiger partial charge in [0.05, 0.1) is 28.2 Å². The molecule has 0 aliphatic heterocycles. The van der Waals surface area contributed by atoms with Crippen molar-refractivity contribution in [3.63, 3.8) is 0 Å². The van der Waals surface area contributed by atoms with Crippen molar-refractivity contribution in [2.45, 2.75) is 20.5 Å². The van der Waals surface area contributed by atoms with Crippen LogP contribution in [0.3, 0.4) is 0 Å². The van der Waals surface area contributed by atoms with E-state index in [2.05, 4.69) is 59.0 Å². The summed E-state index contributed by atoms with van der Waals surface area (Å²) in [5.74, 6) is 1.80. The lowest BCUT2D eigenvalue weighted by atomic mass is 10.1. The van der Waals surface area contributed by atoms with Gasteiger partial charge in [-0.1, -0.05) is 57.9 Å². The highest BCUT2D eigenvalue weighted by Crippen LogP contribution is 2.43. The normalized spacial score (nSPS) is 11.6. The van der Waals surface area contributed by atoms with Gasteiger partial charge < -0.3 is 13.9 Å². The van der Waals surface area contributed by atoms with Crippen molar-refractivity contribution >= 4 is 75.9 Å². The molecule has 0 amide bonds. The van der Waals surface area contributed by atoms with E-state index in [9.17, 15) is 4.79 Å². The van der Waals surface area contributed by atoms with Crippen molar-refractivity contribution in [2.75, 3.05) is 6.61 Å². The molecule has 0 saturated carbocycles. The van der Waals surface area contributed by atoms with Crippen LogP contribution in [0.15, 0.2) is 107 Å². The van der Waals surface area contributed by atoms with Crippen LogP contribution in [0.1, 0.15) is 23.6 Å². The Morgan fingerprint density at radius 3 is 2.60 bits per heavy atom. The first-order valence-electron chi connectivity index (χ1n) is 13.4. The van der Waals surface area contributed by atoms with Crippen LogP contribution in [-0.2, 0) is 6.61 Å². The predicted octanol–water partition coefficient (Wildman–Crippen LogP) is 9.27. The number of furan rings is 1. The van der Waals surface area contributed by atoms with E-state index in [0.29, 0.717) is 61.5 Å². The molecule has 4 aromatic carbocycles. The van der Waals surface area contributed by atoms with Crippen LogP contribution >= 0.6 is 47.8 Å². The maximum atomic E-state index is 13.7. The fourth-order valence-corrected chi connectivity index (χ4v) is 6.00. The zero-order valence-corrected chi connectivity index (χ0v) is 27.9. The number of aryl methyl sites for hydroxylation is 1. The molecule has 43 heavy (non-hydrogen) atoms. The largest absolute Gasteiger partial charge is 0.490 e. The van der Waals surface area contributed by atoms with Crippen molar-refractivity contribution in [3.8, 4) is 23.1 Å². The molecule has 2 heterocycles. The summed E-state index contributed by atoms with van der Waals surface area (Å²) >= 11 is 10.9. The molecule has 0 aliphatic rings. The van der Waals surface area contributed by atoms with Crippen LogP contribution in [0.4, 0.5) is 0 Å². The average Bonchev–Trinajstić information content (AvgIpc) is 3.42. The molecular weight excluding hydrogens is 742 g/mol. The molecule has 0 aliphatic carbocycles. The Morgan fingerprint density at radius 1 is 0.953 bits per heavy atom. The van der Waals surface area contributed by atoms with Gasteiger partial charge in [0.15, 0.2) is 17.3 Å².